The third-order valence-corrected chi connectivity index (χ3v) is 3.15. The standard InChI is InChI=1S/C15H15N3O/c19-15(17-11-5-2-1-3-6-11)18-14-8-4-7-13-12(14)9-10-16-13/h1-8,16H,9-10H2,(H2,17,18,19). The molecule has 1 aliphatic rings. The Morgan fingerprint density at radius 3 is 2.68 bits per heavy atom. The number of amides is 2. The molecule has 0 aliphatic carbocycles. The lowest BCUT2D eigenvalue weighted by Crippen LogP contribution is -2.20. The summed E-state index contributed by atoms with van der Waals surface area (Å²) >= 11 is 0. The fraction of sp³-hybridized carbons (Fsp3) is 0.133. The molecule has 2 aromatic carbocycles. The van der Waals surface area contributed by atoms with E-state index in [4.69, 9.17) is 0 Å². The van der Waals surface area contributed by atoms with Crippen molar-refractivity contribution in [3.63, 3.8) is 0 Å². The lowest BCUT2D eigenvalue weighted by atomic mass is 10.1. The SMILES string of the molecule is O=C(Nc1ccccc1)Nc1cccc2c1CCN2. The van der Waals surface area contributed by atoms with E-state index in [1.165, 1.54) is 5.56 Å². The third-order valence-electron chi connectivity index (χ3n) is 3.15. The van der Waals surface area contributed by atoms with Gasteiger partial charge in [0.15, 0.2) is 0 Å². The monoisotopic (exact) mass is 253 g/mol. The maximum atomic E-state index is 11.9. The van der Waals surface area contributed by atoms with E-state index in [0.717, 1.165) is 30.0 Å². The molecule has 0 spiro atoms. The second-order valence-corrected chi connectivity index (χ2v) is 4.45. The molecule has 3 rings (SSSR count). The molecule has 0 saturated heterocycles. The smallest absolute Gasteiger partial charge is 0.323 e. The Morgan fingerprint density at radius 1 is 1.00 bits per heavy atom. The molecule has 96 valence electrons. The van der Waals surface area contributed by atoms with Crippen molar-refractivity contribution in [1.82, 2.24) is 0 Å². The topological polar surface area (TPSA) is 53.2 Å². The quantitative estimate of drug-likeness (QED) is 0.769. The first-order valence-corrected chi connectivity index (χ1v) is 6.32. The summed E-state index contributed by atoms with van der Waals surface area (Å²) in [7, 11) is 0. The number of benzene rings is 2. The average Bonchev–Trinajstić information content (AvgIpc) is 2.89. The zero-order valence-corrected chi connectivity index (χ0v) is 10.4. The van der Waals surface area contributed by atoms with Gasteiger partial charge in [-0.15, -0.1) is 0 Å². The maximum absolute atomic E-state index is 11.9. The number of anilines is 3. The molecule has 0 fully saturated rings. The summed E-state index contributed by atoms with van der Waals surface area (Å²) in [6, 6.07) is 15.1. The highest BCUT2D eigenvalue weighted by Gasteiger charge is 2.15. The van der Waals surface area contributed by atoms with E-state index in [2.05, 4.69) is 16.0 Å². The number of urea groups is 1. The number of hydrogen-bond acceptors (Lipinski definition) is 2. The van der Waals surface area contributed by atoms with Gasteiger partial charge in [0.05, 0.1) is 0 Å². The van der Waals surface area contributed by atoms with Gasteiger partial charge in [-0.1, -0.05) is 24.3 Å². The van der Waals surface area contributed by atoms with Gasteiger partial charge in [-0.25, -0.2) is 4.79 Å². The van der Waals surface area contributed by atoms with Crippen LogP contribution in [0, 0.1) is 0 Å². The highest BCUT2D eigenvalue weighted by molar-refractivity contribution is 6.00. The van der Waals surface area contributed by atoms with Crippen molar-refractivity contribution >= 4 is 23.1 Å². The van der Waals surface area contributed by atoms with Crippen molar-refractivity contribution in [1.29, 1.82) is 0 Å². The molecule has 0 unspecified atom stereocenters. The van der Waals surface area contributed by atoms with Crippen LogP contribution in [0.3, 0.4) is 0 Å². The lowest BCUT2D eigenvalue weighted by Gasteiger charge is -2.10. The van der Waals surface area contributed by atoms with Crippen LogP contribution in [0.1, 0.15) is 5.56 Å². The Hall–Kier alpha value is -2.49. The summed E-state index contributed by atoms with van der Waals surface area (Å²) in [6.07, 6.45) is 0.942. The van der Waals surface area contributed by atoms with Gasteiger partial charge in [0.2, 0.25) is 0 Å². The van der Waals surface area contributed by atoms with Gasteiger partial charge < -0.3 is 16.0 Å². The predicted molar refractivity (Wildman–Crippen MR) is 77.7 cm³/mol. The van der Waals surface area contributed by atoms with Gasteiger partial charge in [0.25, 0.3) is 0 Å². The molecule has 0 saturated carbocycles. The molecular formula is C15H15N3O. The first-order chi connectivity index (χ1) is 9.33. The fourth-order valence-corrected chi connectivity index (χ4v) is 2.27. The number of para-hydroxylation sites is 1. The van der Waals surface area contributed by atoms with E-state index in [1.807, 2.05) is 48.5 Å². The first kappa shape index (κ1) is 11.6. The number of carbonyl (C=O) groups is 1. The van der Waals surface area contributed by atoms with Crippen molar-refractivity contribution in [3.05, 3.63) is 54.1 Å². The lowest BCUT2D eigenvalue weighted by molar-refractivity contribution is 0.262. The summed E-state index contributed by atoms with van der Waals surface area (Å²) < 4.78 is 0. The number of carbonyl (C=O) groups excluding carboxylic acids is 1. The second kappa shape index (κ2) is 5.02. The van der Waals surface area contributed by atoms with E-state index in [0.29, 0.717) is 0 Å². The van der Waals surface area contributed by atoms with Crippen LogP contribution in [0.4, 0.5) is 21.9 Å². The molecule has 1 heterocycles. The van der Waals surface area contributed by atoms with E-state index in [1.54, 1.807) is 0 Å². The first-order valence-electron chi connectivity index (χ1n) is 6.32. The molecule has 0 bridgehead atoms. The molecule has 19 heavy (non-hydrogen) atoms. The molecule has 1 aliphatic heterocycles. The van der Waals surface area contributed by atoms with Crippen molar-refractivity contribution in [2.24, 2.45) is 0 Å². The molecule has 0 radical (unpaired) electrons. The Balaban J connectivity index is 1.72. The van der Waals surface area contributed by atoms with Crippen LogP contribution in [0.15, 0.2) is 48.5 Å². The van der Waals surface area contributed by atoms with Crippen molar-refractivity contribution in [3.8, 4) is 0 Å². The van der Waals surface area contributed by atoms with Gasteiger partial charge >= 0.3 is 6.03 Å². The molecule has 2 amide bonds. The largest absolute Gasteiger partial charge is 0.384 e. The van der Waals surface area contributed by atoms with E-state index < -0.39 is 0 Å². The molecular weight excluding hydrogens is 238 g/mol. The van der Waals surface area contributed by atoms with Crippen LogP contribution in [-0.4, -0.2) is 12.6 Å². The van der Waals surface area contributed by atoms with Crippen LogP contribution in [0.2, 0.25) is 0 Å². The summed E-state index contributed by atoms with van der Waals surface area (Å²) in [5, 5.41) is 9.00. The van der Waals surface area contributed by atoms with Gasteiger partial charge in [-0.2, -0.15) is 0 Å². The van der Waals surface area contributed by atoms with Crippen LogP contribution >= 0.6 is 0 Å². The highest BCUT2D eigenvalue weighted by atomic mass is 16.2. The zero-order chi connectivity index (χ0) is 13.1. The van der Waals surface area contributed by atoms with Gasteiger partial charge in [0, 0.05) is 29.2 Å². The minimum atomic E-state index is -0.216. The normalized spacial score (nSPS) is 12.4. The molecule has 4 heteroatoms. The Labute approximate surface area is 111 Å². The van der Waals surface area contributed by atoms with E-state index in [9.17, 15) is 4.79 Å². The maximum Gasteiger partial charge on any atom is 0.323 e. The number of hydrogen-bond donors (Lipinski definition) is 3. The summed E-state index contributed by atoms with van der Waals surface area (Å²) in [4.78, 5) is 11.9. The van der Waals surface area contributed by atoms with Crippen molar-refractivity contribution in [2.75, 3.05) is 22.5 Å². The molecule has 4 nitrogen and oxygen atoms in total. The Kier molecular flexibility index (Phi) is 3.06. The van der Waals surface area contributed by atoms with E-state index >= 15 is 0 Å². The van der Waals surface area contributed by atoms with Crippen LogP contribution in [0.25, 0.3) is 0 Å². The van der Waals surface area contributed by atoms with E-state index in [-0.39, 0.29) is 6.03 Å². The predicted octanol–water partition coefficient (Wildman–Crippen LogP) is 3.30. The fourth-order valence-electron chi connectivity index (χ4n) is 2.27. The minimum Gasteiger partial charge on any atom is -0.384 e. The van der Waals surface area contributed by atoms with Crippen LogP contribution < -0.4 is 16.0 Å². The van der Waals surface area contributed by atoms with Crippen molar-refractivity contribution in [2.45, 2.75) is 6.42 Å². The minimum absolute atomic E-state index is 0.216. The van der Waals surface area contributed by atoms with Gasteiger partial charge in [-0.3, -0.25) is 0 Å². The molecule has 0 atom stereocenters. The number of nitrogens with one attached hydrogen (secondary N) is 3. The Bertz CT molecular complexity index is 596. The zero-order valence-electron chi connectivity index (χ0n) is 10.4. The van der Waals surface area contributed by atoms with Crippen LogP contribution in [0.5, 0.6) is 0 Å². The number of rotatable bonds is 2. The summed E-state index contributed by atoms with van der Waals surface area (Å²) in [5.41, 5.74) is 3.94. The average molecular weight is 253 g/mol. The van der Waals surface area contributed by atoms with Gasteiger partial charge in [-0.05, 0) is 30.7 Å². The molecule has 2 aromatic rings. The summed E-state index contributed by atoms with van der Waals surface area (Å²) in [6.45, 7) is 0.925. The second-order valence-electron chi connectivity index (χ2n) is 4.45. The molecule has 3 N–H and O–H groups in total. The summed E-state index contributed by atoms with van der Waals surface area (Å²) in [5.74, 6) is 0. The molecule has 0 aromatic heterocycles. The van der Waals surface area contributed by atoms with Gasteiger partial charge in [0.1, 0.15) is 0 Å². The third kappa shape index (κ3) is 2.52. The number of fused-ring (bicyclic) bond motifs is 1. The highest BCUT2D eigenvalue weighted by Crippen LogP contribution is 2.29. The van der Waals surface area contributed by atoms with Crippen LogP contribution in [-0.2, 0) is 6.42 Å². The Morgan fingerprint density at radius 2 is 1.84 bits per heavy atom. The van der Waals surface area contributed by atoms with Crippen molar-refractivity contribution < 1.29 is 4.79 Å².